The van der Waals surface area contributed by atoms with E-state index in [1.807, 2.05) is 0 Å². The van der Waals surface area contributed by atoms with Crippen LogP contribution in [0.5, 0.6) is 0 Å². The molecule has 0 saturated heterocycles. The molecule has 104 valence electrons. The highest BCUT2D eigenvalue weighted by molar-refractivity contribution is 7.91. The van der Waals surface area contributed by atoms with Gasteiger partial charge in [0.15, 0.2) is 9.84 Å². The molecule has 1 unspecified atom stereocenters. The molecule has 0 fully saturated rings. The van der Waals surface area contributed by atoms with Crippen molar-refractivity contribution in [3.05, 3.63) is 58.9 Å². The van der Waals surface area contributed by atoms with Crippen molar-refractivity contribution in [3.8, 4) is 0 Å². The van der Waals surface area contributed by atoms with E-state index in [4.69, 9.17) is 11.6 Å². The highest BCUT2D eigenvalue weighted by Crippen LogP contribution is 2.35. The summed E-state index contributed by atoms with van der Waals surface area (Å²) < 4.78 is 37.5. The van der Waals surface area contributed by atoms with Crippen LogP contribution in [-0.4, -0.2) is 14.2 Å². The smallest absolute Gasteiger partial charge is 0.181 e. The van der Waals surface area contributed by atoms with Gasteiger partial charge < -0.3 is 5.32 Å². The van der Waals surface area contributed by atoms with E-state index in [9.17, 15) is 12.8 Å². The first-order chi connectivity index (χ1) is 9.47. The average molecular weight is 312 g/mol. The fourth-order valence-electron chi connectivity index (χ4n) is 2.36. The summed E-state index contributed by atoms with van der Waals surface area (Å²) in [6.07, 6.45) is 0. The van der Waals surface area contributed by atoms with E-state index in [2.05, 4.69) is 5.32 Å². The van der Waals surface area contributed by atoms with Crippen LogP contribution in [0.1, 0.15) is 11.6 Å². The third kappa shape index (κ3) is 2.27. The first-order valence-electron chi connectivity index (χ1n) is 6.01. The van der Waals surface area contributed by atoms with Crippen LogP contribution in [0.15, 0.2) is 47.4 Å². The molecule has 0 aliphatic carbocycles. The Morgan fingerprint density at radius 2 is 1.95 bits per heavy atom. The summed E-state index contributed by atoms with van der Waals surface area (Å²) in [4.78, 5) is 0.340. The number of fused-ring (bicyclic) bond motifs is 1. The number of anilines is 1. The van der Waals surface area contributed by atoms with E-state index < -0.39 is 15.7 Å². The van der Waals surface area contributed by atoms with Crippen LogP contribution in [0, 0.1) is 5.82 Å². The van der Waals surface area contributed by atoms with Gasteiger partial charge in [-0.15, -0.1) is 0 Å². The molecule has 0 spiro atoms. The van der Waals surface area contributed by atoms with Gasteiger partial charge in [-0.1, -0.05) is 29.8 Å². The second kappa shape index (κ2) is 4.75. The van der Waals surface area contributed by atoms with E-state index in [0.717, 1.165) is 0 Å². The molecule has 1 aliphatic rings. The number of halogens is 2. The molecule has 20 heavy (non-hydrogen) atoms. The van der Waals surface area contributed by atoms with Gasteiger partial charge in [0, 0.05) is 5.69 Å². The monoisotopic (exact) mass is 311 g/mol. The van der Waals surface area contributed by atoms with Crippen molar-refractivity contribution >= 4 is 27.1 Å². The molecule has 2 aromatic rings. The van der Waals surface area contributed by atoms with Crippen molar-refractivity contribution in [1.82, 2.24) is 0 Å². The highest BCUT2D eigenvalue weighted by atomic mass is 35.5. The summed E-state index contributed by atoms with van der Waals surface area (Å²) in [5.41, 5.74) is 1.21. The maximum Gasteiger partial charge on any atom is 0.181 e. The van der Waals surface area contributed by atoms with Crippen LogP contribution in [0.25, 0.3) is 0 Å². The van der Waals surface area contributed by atoms with Crippen molar-refractivity contribution in [3.63, 3.8) is 0 Å². The van der Waals surface area contributed by atoms with Gasteiger partial charge in [0.05, 0.1) is 21.7 Å². The average Bonchev–Trinajstić information content (AvgIpc) is 2.66. The first kappa shape index (κ1) is 13.4. The standard InChI is InChI=1S/C14H11ClFNO2S/c15-11-6-5-9(7-12(11)16)17-13-8-20(18,19)14-4-2-1-3-10(13)14/h1-7,13,17H,8H2. The molecule has 2 aromatic carbocycles. The van der Waals surface area contributed by atoms with E-state index in [-0.39, 0.29) is 16.8 Å². The fraction of sp³-hybridized carbons (Fsp3) is 0.143. The summed E-state index contributed by atoms with van der Waals surface area (Å²) >= 11 is 5.63. The van der Waals surface area contributed by atoms with Gasteiger partial charge in [0.1, 0.15) is 5.82 Å². The lowest BCUT2D eigenvalue weighted by Crippen LogP contribution is -2.13. The van der Waals surface area contributed by atoms with Crippen molar-refractivity contribution in [2.75, 3.05) is 11.1 Å². The molecule has 6 heteroatoms. The number of sulfone groups is 1. The summed E-state index contributed by atoms with van der Waals surface area (Å²) in [5, 5.41) is 3.08. The molecule has 0 saturated carbocycles. The van der Waals surface area contributed by atoms with Gasteiger partial charge in [-0.3, -0.25) is 0 Å². The third-order valence-electron chi connectivity index (χ3n) is 3.28. The molecule has 0 bridgehead atoms. The normalized spacial score (nSPS) is 19.6. The van der Waals surface area contributed by atoms with E-state index in [0.29, 0.717) is 16.1 Å². The first-order valence-corrected chi connectivity index (χ1v) is 8.04. The Hall–Kier alpha value is -1.59. The second-order valence-electron chi connectivity index (χ2n) is 4.65. The molecule has 1 aliphatic heterocycles. The zero-order valence-electron chi connectivity index (χ0n) is 10.3. The Bertz CT molecular complexity index is 776. The summed E-state index contributed by atoms with van der Waals surface area (Å²) in [7, 11) is -3.28. The largest absolute Gasteiger partial charge is 0.377 e. The minimum absolute atomic E-state index is 0.0312. The van der Waals surface area contributed by atoms with Crippen molar-refractivity contribution in [2.24, 2.45) is 0 Å². The number of hydrogen-bond donors (Lipinski definition) is 1. The molecular formula is C14H11ClFNO2S. The SMILES string of the molecule is O=S1(=O)CC(Nc2ccc(Cl)c(F)c2)c2ccccc21. The lowest BCUT2D eigenvalue weighted by molar-refractivity contribution is 0.598. The lowest BCUT2D eigenvalue weighted by Gasteiger charge is -2.14. The minimum Gasteiger partial charge on any atom is -0.377 e. The Morgan fingerprint density at radius 1 is 1.20 bits per heavy atom. The van der Waals surface area contributed by atoms with Crippen molar-refractivity contribution in [1.29, 1.82) is 0 Å². The number of benzene rings is 2. The van der Waals surface area contributed by atoms with Crippen molar-refractivity contribution < 1.29 is 12.8 Å². The van der Waals surface area contributed by atoms with Gasteiger partial charge in [-0.2, -0.15) is 0 Å². The maximum absolute atomic E-state index is 13.4. The van der Waals surface area contributed by atoms with Crippen LogP contribution in [0.2, 0.25) is 5.02 Å². The fourth-order valence-corrected chi connectivity index (χ4v) is 4.21. The topological polar surface area (TPSA) is 46.2 Å². The van der Waals surface area contributed by atoms with Crippen molar-refractivity contribution in [2.45, 2.75) is 10.9 Å². The second-order valence-corrected chi connectivity index (χ2v) is 7.05. The minimum atomic E-state index is -3.28. The molecule has 0 aromatic heterocycles. The Morgan fingerprint density at radius 3 is 2.70 bits per heavy atom. The molecule has 3 nitrogen and oxygen atoms in total. The summed E-state index contributed by atoms with van der Waals surface area (Å²) in [6.45, 7) is 0. The quantitative estimate of drug-likeness (QED) is 0.924. The van der Waals surface area contributed by atoms with Gasteiger partial charge in [-0.25, -0.2) is 12.8 Å². The van der Waals surface area contributed by atoms with E-state index in [1.54, 1.807) is 30.3 Å². The Kier molecular flexibility index (Phi) is 3.18. The molecule has 0 amide bonds. The molecule has 1 N–H and O–H groups in total. The summed E-state index contributed by atoms with van der Waals surface area (Å²) in [6, 6.07) is 10.8. The van der Waals surface area contributed by atoms with Gasteiger partial charge >= 0.3 is 0 Å². The lowest BCUT2D eigenvalue weighted by atomic mass is 10.1. The molecule has 3 rings (SSSR count). The third-order valence-corrected chi connectivity index (χ3v) is 5.40. The van der Waals surface area contributed by atoms with Crippen LogP contribution in [0.4, 0.5) is 10.1 Å². The number of nitrogens with one attached hydrogen (secondary N) is 1. The molecule has 1 atom stereocenters. The van der Waals surface area contributed by atoms with Crippen LogP contribution in [0.3, 0.4) is 0 Å². The predicted octanol–water partition coefficient (Wildman–Crippen LogP) is 3.42. The summed E-state index contributed by atoms with van der Waals surface area (Å²) in [5.74, 6) is -0.567. The number of rotatable bonds is 2. The Labute approximate surface area is 121 Å². The number of hydrogen-bond acceptors (Lipinski definition) is 3. The molecule has 0 radical (unpaired) electrons. The Balaban J connectivity index is 1.95. The van der Waals surface area contributed by atoms with Gasteiger partial charge in [0.25, 0.3) is 0 Å². The maximum atomic E-state index is 13.4. The van der Waals surface area contributed by atoms with E-state index >= 15 is 0 Å². The zero-order chi connectivity index (χ0) is 14.3. The van der Waals surface area contributed by atoms with Crippen LogP contribution in [-0.2, 0) is 9.84 Å². The highest BCUT2D eigenvalue weighted by Gasteiger charge is 2.34. The molecule has 1 heterocycles. The van der Waals surface area contributed by atoms with Crippen LogP contribution >= 0.6 is 11.6 Å². The van der Waals surface area contributed by atoms with Crippen LogP contribution < -0.4 is 5.32 Å². The molecular weight excluding hydrogens is 301 g/mol. The van der Waals surface area contributed by atoms with Gasteiger partial charge in [-0.05, 0) is 29.8 Å². The predicted molar refractivity (Wildman–Crippen MR) is 76.3 cm³/mol. The van der Waals surface area contributed by atoms with E-state index in [1.165, 1.54) is 12.1 Å². The van der Waals surface area contributed by atoms with Gasteiger partial charge in [0.2, 0.25) is 0 Å². The zero-order valence-corrected chi connectivity index (χ0v) is 11.9.